The molecule has 0 saturated heterocycles. The normalized spacial score (nSPS) is 9.83. The van der Waals surface area contributed by atoms with Crippen molar-refractivity contribution in [3.8, 4) is 0 Å². The number of nitrogens with zero attached hydrogens (tertiary/aromatic N) is 2. The topological polar surface area (TPSA) is 101 Å². The zero-order chi connectivity index (χ0) is 13.7. The summed E-state index contributed by atoms with van der Waals surface area (Å²) < 4.78 is 0. The van der Waals surface area contributed by atoms with Gasteiger partial charge in [-0.25, -0.2) is 0 Å². The summed E-state index contributed by atoms with van der Waals surface area (Å²) in [6, 6.07) is 5.56. The summed E-state index contributed by atoms with van der Waals surface area (Å²) in [6.45, 7) is -0.369. The third-order valence-electron chi connectivity index (χ3n) is 2.30. The first-order chi connectivity index (χ1) is 8.40. The molecular weight excluding hydrogens is 240 g/mol. The fourth-order valence-corrected chi connectivity index (χ4v) is 1.34. The maximum atomic E-state index is 11.6. The van der Waals surface area contributed by atoms with Crippen molar-refractivity contribution in [2.75, 3.05) is 13.6 Å². The van der Waals surface area contributed by atoms with Crippen molar-refractivity contribution in [3.63, 3.8) is 0 Å². The van der Waals surface area contributed by atoms with Crippen LogP contribution < -0.4 is 0 Å². The van der Waals surface area contributed by atoms with Crippen molar-refractivity contribution in [1.82, 2.24) is 4.90 Å². The molecule has 0 aromatic heterocycles. The van der Waals surface area contributed by atoms with Gasteiger partial charge in [0.2, 0.25) is 5.91 Å². The van der Waals surface area contributed by atoms with Gasteiger partial charge >= 0.3 is 5.97 Å². The molecule has 0 atom stereocenters. The summed E-state index contributed by atoms with van der Waals surface area (Å²) in [4.78, 5) is 33.0. The smallest absolute Gasteiger partial charge is 0.323 e. The minimum atomic E-state index is -1.09. The fourth-order valence-electron chi connectivity index (χ4n) is 1.34. The Morgan fingerprint density at radius 2 is 1.89 bits per heavy atom. The number of carboxylic acid groups (broad SMARTS) is 1. The van der Waals surface area contributed by atoms with Crippen LogP contribution in [0.1, 0.15) is 5.56 Å². The minimum Gasteiger partial charge on any atom is -0.480 e. The molecule has 0 unspecified atom stereocenters. The molecule has 0 spiro atoms. The van der Waals surface area contributed by atoms with Gasteiger partial charge in [-0.3, -0.25) is 19.7 Å². The average molecular weight is 252 g/mol. The average Bonchev–Trinajstić information content (AvgIpc) is 2.28. The van der Waals surface area contributed by atoms with Gasteiger partial charge in [0.15, 0.2) is 0 Å². The van der Waals surface area contributed by atoms with Crippen LogP contribution >= 0.6 is 0 Å². The standard InChI is InChI=1S/C11H12N2O5/c1-12(7-11(15)16)10(14)6-8-2-4-9(5-3-8)13(17)18/h2-5H,6-7H2,1H3,(H,15,16). The Morgan fingerprint density at radius 3 is 2.33 bits per heavy atom. The zero-order valence-corrected chi connectivity index (χ0v) is 9.70. The second-order valence-corrected chi connectivity index (χ2v) is 3.74. The molecule has 1 aromatic carbocycles. The van der Waals surface area contributed by atoms with E-state index >= 15 is 0 Å². The molecule has 0 aliphatic heterocycles. The molecule has 7 heteroatoms. The minimum absolute atomic E-state index is 0.0156. The Labute approximate surface area is 103 Å². The molecule has 0 heterocycles. The van der Waals surface area contributed by atoms with Crippen molar-refractivity contribution in [2.45, 2.75) is 6.42 Å². The summed E-state index contributed by atoms with van der Waals surface area (Å²) in [5.74, 6) is -1.44. The monoisotopic (exact) mass is 252 g/mol. The summed E-state index contributed by atoms with van der Waals surface area (Å²) >= 11 is 0. The molecule has 1 amide bonds. The van der Waals surface area contributed by atoms with Gasteiger partial charge in [0.1, 0.15) is 6.54 Å². The van der Waals surface area contributed by atoms with Crippen LogP contribution in [0.25, 0.3) is 0 Å². The predicted octanol–water partition coefficient (Wildman–Crippen LogP) is 0.680. The summed E-state index contributed by atoms with van der Waals surface area (Å²) in [6.07, 6.45) is 0.0156. The van der Waals surface area contributed by atoms with Gasteiger partial charge in [0.05, 0.1) is 11.3 Å². The van der Waals surface area contributed by atoms with Crippen LogP contribution in [-0.4, -0.2) is 40.4 Å². The van der Waals surface area contributed by atoms with Crippen LogP contribution in [0.3, 0.4) is 0 Å². The van der Waals surface area contributed by atoms with E-state index in [1.165, 1.54) is 31.3 Å². The lowest BCUT2D eigenvalue weighted by atomic mass is 10.1. The van der Waals surface area contributed by atoms with Crippen LogP contribution in [0, 0.1) is 10.1 Å². The molecule has 0 radical (unpaired) electrons. The number of hydrogen-bond donors (Lipinski definition) is 1. The molecule has 1 aromatic rings. The van der Waals surface area contributed by atoms with Crippen LogP contribution in [0.2, 0.25) is 0 Å². The van der Waals surface area contributed by atoms with Gasteiger partial charge in [-0.05, 0) is 5.56 Å². The van der Waals surface area contributed by atoms with Gasteiger partial charge in [-0.2, -0.15) is 0 Å². The molecule has 0 bridgehead atoms. The van der Waals surface area contributed by atoms with E-state index in [0.29, 0.717) is 5.56 Å². The van der Waals surface area contributed by atoms with E-state index in [2.05, 4.69) is 0 Å². The second kappa shape index (κ2) is 5.76. The number of aliphatic carboxylic acids is 1. The third-order valence-corrected chi connectivity index (χ3v) is 2.30. The molecule has 96 valence electrons. The quantitative estimate of drug-likeness (QED) is 0.613. The second-order valence-electron chi connectivity index (χ2n) is 3.74. The van der Waals surface area contributed by atoms with Crippen molar-refractivity contribution in [1.29, 1.82) is 0 Å². The lowest BCUT2D eigenvalue weighted by molar-refractivity contribution is -0.384. The Balaban J connectivity index is 2.64. The number of hydrogen-bond acceptors (Lipinski definition) is 4. The summed E-state index contributed by atoms with van der Waals surface area (Å²) in [7, 11) is 1.39. The molecular formula is C11H12N2O5. The van der Waals surface area contributed by atoms with Gasteiger partial charge in [-0.1, -0.05) is 12.1 Å². The van der Waals surface area contributed by atoms with Crippen molar-refractivity contribution in [2.24, 2.45) is 0 Å². The largest absolute Gasteiger partial charge is 0.480 e. The van der Waals surface area contributed by atoms with E-state index in [4.69, 9.17) is 5.11 Å². The highest BCUT2D eigenvalue weighted by Crippen LogP contribution is 2.12. The number of non-ortho nitro benzene ring substituents is 1. The molecule has 7 nitrogen and oxygen atoms in total. The Hall–Kier alpha value is -2.44. The number of carboxylic acids is 1. The first-order valence-electron chi connectivity index (χ1n) is 5.09. The Kier molecular flexibility index (Phi) is 4.36. The number of carbonyl (C=O) groups excluding carboxylic acids is 1. The van der Waals surface area contributed by atoms with E-state index in [1.807, 2.05) is 0 Å². The lowest BCUT2D eigenvalue weighted by Crippen LogP contribution is -2.33. The van der Waals surface area contributed by atoms with Crippen LogP contribution in [-0.2, 0) is 16.0 Å². The first kappa shape index (κ1) is 13.6. The number of rotatable bonds is 5. The highest BCUT2D eigenvalue weighted by Gasteiger charge is 2.13. The van der Waals surface area contributed by atoms with E-state index < -0.39 is 10.9 Å². The van der Waals surface area contributed by atoms with Crippen molar-refractivity contribution < 1.29 is 19.6 Å². The number of nitro benzene ring substituents is 1. The number of nitro groups is 1. The summed E-state index contributed by atoms with van der Waals surface area (Å²) in [5.41, 5.74) is 0.549. The van der Waals surface area contributed by atoms with E-state index in [-0.39, 0.29) is 24.6 Å². The SMILES string of the molecule is CN(CC(=O)O)C(=O)Cc1ccc([N+](=O)[O-])cc1. The number of likely N-dealkylation sites (N-methyl/N-ethyl adjacent to an activating group) is 1. The van der Waals surface area contributed by atoms with Gasteiger partial charge in [0, 0.05) is 19.2 Å². The highest BCUT2D eigenvalue weighted by molar-refractivity contribution is 5.82. The fraction of sp³-hybridized carbons (Fsp3) is 0.273. The maximum Gasteiger partial charge on any atom is 0.323 e. The molecule has 1 rings (SSSR count). The van der Waals surface area contributed by atoms with Gasteiger partial charge in [-0.15, -0.1) is 0 Å². The van der Waals surface area contributed by atoms with Crippen LogP contribution in [0.4, 0.5) is 5.69 Å². The first-order valence-corrected chi connectivity index (χ1v) is 5.09. The van der Waals surface area contributed by atoms with Gasteiger partial charge in [0.25, 0.3) is 5.69 Å². The lowest BCUT2D eigenvalue weighted by Gasteiger charge is -2.14. The van der Waals surface area contributed by atoms with Crippen LogP contribution in [0.5, 0.6) is 0 Å². The van der Waals surface area contributed by atoms with E-state index in [1.54, 1.807) is 0 Å². The maximum absolute atomic E-state index is 11.6. The molecule has 1 N–H and O–H groups in total. The van der Waals surface area contributed by atoms with Gasteiger partial charge < -0.3 is 10.0 Å². The van der Waals surface area contributed by atoms with E-state index in [9.17, 15) is 19.7 Å². The Morgan fingerprint density at radius 1 is 1.33 bits per heavy atom. The molecule has 0 fully saturated rings. The summed E-state index contributed by atoms with van der Waals surface area (Å²) in [5, 5.41) is 19.0. The van der Waals surface area contributed by atoms with E-state index in [0.717, 1.165) is 4.90 Å². The van der Waals surface area contributed by atoms with Crippen molar-refractivity contribution in [3.05, 3.63) is 39.9 Å². The predicted molar refractivity (Wildman–Crippen MR) is 62.1 cm³/mol. The Bertz CT molecular complexity index is 469. The molecule has 0 aliphatic rings. The van der Waals surface area contributed by atoms with Crippen LogP contribution in [0.15, 0.2) is 24.3 Å². The number of amides is 1. The zero-order valence-electron chi connectivity index (χ0n) is 9.70. The third kappa shape index (κ3) is 3.85. The molecule has 0 saturated carbocycles. The molecule has 0 aliphatic carbocycles. The highest BCUT2D eigenvalue weighted by atomic mass is 16.6. The van der Waals surface area contributed by atoms with Crippen molar-refractivity contribution >= 4 is 17.6 Å². The molecule has 18 heavy (non-hydrogen) atoms. The number of carbonyl (C=O) groups is 2. The number of benzene rings is 1.